The number of carbonyl (C=O) groups excluding carboxylic acids is 2. The van der Waals surface area contributed by atoms with Crippen LogP contribution in [0.5, 0.6) is 5.75 Å². The van der Waals surface area contributed by atoms with Gasteiger partial charge in [0.1, 0.15) is 23.4 Å². The van der Waals surface area contributed by atoms with E-state index >= 15 is 0 Å². The van der Waals surface area contributed by atoms with Gasteiger partial charge < -0.3 is 14.7 Å². The van der Waals surface area contributed by atoms with Gasteiger partial charge in [0.25, 0.3) is 11.7 Å². The third kappa shape index (κ3) is 3.78. The van der Waals surface area contributed by atoms with Crippen LogP contribution in [0, 0.1) is 5.82 Å². The van der Waals surface area contributed by atoms with Crippen LogP contribution in [-0.4, -0.2) is 27.8 Å². The number of halogens is 1. The van der Waals surface area contributed by atoms with Gasteiger partial charge in [0.2, 0.25) is 0 Å². The average molecular weight is 443 g/mol. The molecule has 6 heteroatoms. The van der Waals surface area contributed by atoms with E-state index in [4.69, 9.17) is 4.74 Å². The molecule has 0 bridgehead atoms. The third-order valence-corrected chi connectivity index (χ3v) is 6.09. The van der Waals surface area contributed by atoms with E-state index in [9.17, 15) is 19.1 Å². The highest BCUT2D eigenvalue weighted by Crippen LogP contribution is 2.41. The molecule has 2 atom stereocenters. The summed E-state index contributed by atoms with van der Waals surface area (Å²) in [7, 11) is 0. The number of hydrogen-bond acceptors (Lipinski definition) is 4. The molecule has 0 unspecified atom stereocenters. The zero-order valence-corrected chi connectivity index (χ0v) is 18.0. The van der Waals surface area contributed by atoms with Crippen molar-refractivity contribution in [3.63, 3.8) is 0 Å². The average Bonchev–Trinajstić information content (AvgIpc) is 3.31. The summed E-state index contributed by atoms with van der Waals surface area (Å²) in [5.41, 5.74) is 2.76. The van der Waals surface area contributed by atoms with Crippen molar-refractivity contribution in [2.75, 3.05) is 0 Å². The topological polar surface area (TPSA) is 66.8 Å². The van der Waals surface area contributed by atoms with Crippen LogP contribution >= 0.6 is 0 Å². The minimum atomic E-state index is -0.839. The predicted molar refractivity (Wildman–Crippen MR) is 121 cm³/mol. The molecule has 3 aromatic rings. The van der Waals surface area contributed by atoms with Crippen LogP contribution in [0.25, 0.3) is 5.76 Å². The number of benzene rings is 3. The molecule has 5 rings (SSSR count). The normalized spacial score (nSPS) is 21.2. The molecular weight excluding hydrogens is 421 g/mol. The summed E-state index contributed by atoms with van der Waals surface area (Å²) in [4.78, 5) is 27.6. The number of ether oxygens (including phenoxy) is 1. The molecular formula is C27H22FNO4. The number of hydrogen-bond donors (Lipinski definition) is 1. The van der Waals surface area contributed by atoms with Crippen molar-refractivity contribution in [1.29, 1.82) is 0 Å². The van der Waals surface area contributed by atoms with Gasteiger partial charge in [-0.15, -0.1) is 0 Å². The lowest BCUT2D eigenvalue weighted by Gasteiger charge is -2.25. The van der Waals surface area contributed by atoms with E-state index in [-0.39, 0.29) is 24.0 Å². The molecule has 2 heterocycles. The van der Waals surface area contributed by atoms with Crippen molar-refractivity contribution < 1.29 is 23.8 Å². The minimum Gasteiger partial charge on any atom is -0.507 e. The summed E-state index contributed by atoms with van der Waals surface area (Å²) in [6, 6.07) is 19.3. The summed E-state index contributed by atoms with van der Waals surface area (Å²) in [5.74, 6) is -1.39. The molecule has 2 aliphatic heterocycles. The number of fused-ring (bicyclic) bond motifs is 1. The molecule has 33 heavy (non-hydrogen) atoms. The Morgan fingerprint density at radius 2 is 1.79 bits per heavy atom. The second-order valence-corrected chi connectivity index (χ2v) is 8.42. The standard InChI is InChI=1S/C27H22FNO4/c1-16-13-20-14-19(9-12-22(20)33-16)25(30)23-24(18-7-10-21(28)11-8-18)29(27(32)26(23)31)15-17-5-3-2-4-6-17/h2-12,14,16,24,30H,13,15H2,1H3/b25-23+/t16-,24-/m0/s1. The van der Waals surface area contributed by atoms with Gasteiger partial charge in [-0.3, -0.25) is 9.59 Å². The van der Waals surface area contributed by atoms with Crippen LogP contribution in [0.2, 0.25) is 0 Å². The van der Waals surface area contributed by atoms with Crippen molar-refractivity contribution in [2.24, 2.45) is 0 Å². The summed E-state index contributed by atoms with van der Waals surface area (Å²) >= 11 is 0. The number of amides is 1. The SMILES string of the molecule is C[C@H]1Cc2cc(/C(O)=C3\C(=O)C(=O)N(Cc4ccccc4)[C@H]3c3ccc(F)cc3)ccc2O1. The first-order chi connectivity index (χ1) is 15.9. The highest BCUT2D eigenvalue weighted by atomic mass is 19.1. The molecule has 5 nitrogen and oxygen atoms in total. The lowest BCUT2D eigenvalue weighted by Crippen LogP contribution is -2.29. The Hall–Kier alpha value is -3.93. The molecule has 1 fully saturated rings. The molecule has 0 aliphatic carbocycles. The molecule has 3 aromatic carbocycles. The van der Waals surface area contributed by atoms with Crippen molar-refractivity contribution in [3.05, 3.63) is 106 Å². The maximum absolute atomic E-state index is 13.6. The number of Topliss-reactive ketones (excluding diaryl/α,β-unsaturated/α-hetero) is 1. The number of rotatable bonds is 4. The Labute approximate surface area is 190 Å². The number of nitrogens with zero attached hydrogens (tertiary/aromatic N) is 1. The Bertz CT molecular complexity index is 1270. The number of ketones is 1. The maximum Gasteiger partial charge on any atom is 0.295 e. The monoisotopic (exact) mass is 443 g/mol. The Morgan fingerprint density at radius 3 is 2.52 bits per heavy atom. The largest absolute Gasteiger partial charge is 0.507 e. The van der Waals surface area contributed by atoms with Gasteiger partial charge in [0, 0.05) is 18.5 Å². The number of aliphatic hydroxyl groups is 1. The number of likely N-dealkylation sites (tertiary alicyclic amines) is 1. The molecule has 1 amide bonds. The first-order valence-electron chi connectivity index (χ1n) is 10.8. The summed E-state index contributed by atoms with van der Waals surface area (Å²) in [6.07, 6.45) is 0.730. The highest BCUT2D eigenvalue weighted by Gasteiger charge is 2.46. The smallest absolute Gasteiger partial charge is 0.295 e. The number of aliphatic hydroxyl groups excluding tert-OH is 1. The molecule has 1 N–H and O–H groups in total. The van der Waals surface area contributed by atoms with Gasteiger partial charge >= 0.3 is 0 Å². The highest BCUT2D eigenvalue weighted by molar-refractivity contribution is 6.46. The summed E-state index contributed by atoms with van der Waals surface area (Å²) < 4.78 is 19.4. The van der Waals surface area contributed by atoms with Crippen LogP contribution in [0.3, 0.4) is 0 Å². The van der Waals surface area contributed by atoms with Crippen molar-refractivity contribution in [2.45, 2.75) is 32.0 Å². The van der Waals surface area contributed by atoms with E-state index in [1.165, 1.54) is 29.2 Å². The molecule has 0 saturated carbocycles. The minimum absolute atomic E-state index is 0.00514. The van der Waals surface area contributed by atoms with Gasteiger partial charge in [-0.05, 0) is 53.9 Å². The fourth-order valence-corrected chi connectivity index (χ4v) is 4.54. The summed E-state index contributed by atoms with van der Waals surface area (Å²) in [6.45, 7) is 2.14. The van der Waals surface area contributed by atoms with Crippen molar-refractivity contribution >= 4 is 17.4 Å². The van der Waals surface area contributed by atoms with E-state index in [2.05, 4.69) is 0 Å². The van der Waals surface area contributed by atoms with E-state index in [1.807, 2.05) is 37.3 Å². The third-order valence-electron chi connectivity index (χ3n) is 6.09. The van der Waals surface area contributed by atoms with Crippen LogP contribution in [0.1, 0.15) is 35.2 Å². The second-order valence-electron chi connectivity index (χ2n) is 8.42. The second kappa shape index (κ2) is 8.20. The lowest BCUT2D eigenvalue weighted by molar-refractivity contribution is -0.140. The number of carbonyl (C=O) groups is 2. The van der Waals surface area contributed by atoms with E-state index in [0.717, 1.165) is 16.9 Å². The fraction of sp³-hybridized carbons (Fsp3) is 0.185. The zero-order chi connectivity index (χ0) is 23.1. The molecule has 1 saturated heterocycles. The quantitative estimate of drug-likeness (QED) is 0.358. The molecule has 0 radical (unpaired) electrons. The fourth-order valence-electron chi connectivity index (χ4n) is 4.54. The van der Waals surface area contributed by atoms with E-state index in [0.29, 0.717) is 17.5 Å². The van der Waals surface area contributed by atoms with Gasteiger partial charge in [-0.2, -0.15) is 0 Å². The molecule has 2 aliphatic rings. The first kappa shape index (κ1) is 20.9. The molecule has 0 aromatic heterocycles. The predicted octanol–water partition coefficient (Wildman–Crippen LogP) is 4.77. The van der Waals surface area contributed by atoms with Crippen molar-refractivity contribution in [3.8, 4) is 5.75 Å². The maximum atomic E-state index is 13.6. The van der Waals surface area contributed by atoms with E-state index < -0.39 is 23.5 Å². The molecule has 0 spiro atoms. The Kier molecular flexibility index (Phi) is 5.21. The van der Waals surface area contributed by atoms with Crippen LogP contribution in [0.15, 0.2) is 78.4 Å². The van der Waals surface area contributed by atoms with Crippen LogP contribution in [0.4, 0.5) is 4.39 Å². The van der Waals surface area contributed by atoms with Crippen LogP contribution < -0.4 is 4.74 Å². The zero-order valence-electron chi connectivity index (χ0n) is 18.0. The van der Waals surface area contributed by atoms with Gasteiger partial charge in [0.05, 0.1) is 11.6 Å². The van der Waals surface area contributed by atoms with Gasteiger partial charge in [-0.1, -0.05) is 42.5 Å². The molecule has 166 valence electrons. The van der Waals surface area contributed by atoms with Gasteiger partial charge in [0.15, 0.2) is 0 Å². The first-order valence-corrected chi connectivity index (χ1v) is 10.8. The Morgan fingerprint density at radius 1 is 1.06 bits per heavy atom. The van der Waals surface area contributed by atoms with E-state index in [1.54, 1.807) is 18.2 Å². The lowest BCUT2D eigenvalue weighted by atomic mass is 9.94. The van der Waals surface area contributed by atoms with Crippen molar-refractivity contribution in [1.82, 2.24) is 4.90 Å². The Balaban J connectivity index is 1.62. The van der Waals surface area contributed by atoms with Gasteiger partial charge in [-0.25, -0.2) is 4.39 Å². The summed E-state index contributed by atoms with van der Waals surface area (Å²) in [5, 5.41) is 11.2. The van der Waals surface area contributed by atoms with Crippen LogP contribution in [-0.2, 0) is 22.6 Å².